The van der Waals surface area contributed by atoms with Crippen LogP contribution >= 0.6 is 0 Å². The van der Waals surface area contributed by atoms with Crippen LogP contribution in [0.5, 0.6) is 0 Å². The maximum Gasteiger partial charge on any atom is 0.274 e. The Balaban J connectivity index is 3.02. The molecule has 0 saturated heterocycles. The number of hydrogen-bond donors (Lipinski definition) is 2. The van der Waals surface area contributed by atoms with E-state index < -0.39 is 11.0 Å². The third-order valence-electron chi connectivity index (χ3n) is 2.17. The summed E-state index contributed by atoms with van der Waals surface area (Å²) in [5.74, 6) is -0.372. The van der Waals surface area contributed by atoms with Crippen molar-refractivity contribution < 1.29 is 9.72 Å². The molecule has 16 heavy (non-hydrogen) atoms. The SMILES string of the molecule is Cc1c(NC(=O)[C@@H](C)N)cccc1[N+](=O)[O-]. The van der Waals surface area contributed by atoms with E-state index in [1.807, 2.05) is 0 Å². The average Bonchev–Trinajstić information content (AvgIpc) is 2.20. The van der Waals surface area contributed by atoms with Crippen molar-refractivity contribution in [2.75, 3.05) is 5.32 Å². The van der Waals surface area contributed by atoms with E-state index in [1.165, 1.54) is 12.1 Å². The molecule has 6 nitrogen and oxygen atoms in total. The zero-order valence-corrected chi connectivity index (χ0v) is 9.06. The lowest BCUT2D eigenvalue weighted by Gasteiger charge is -2.10. The Labute approximate surface area is 92.6 Å². The zero-order chi connectivity index (χ0) is 12.3. The lowest BCUT2D eigenvalue weighted by Crippen LogP contribution is -2.32. The van der Waals surface area contributed by atoms with Crippen LogP contribution in [0.25, 0.3) is 0 Å². The number of hydrogen-bond acceptors (Lipinski definition) is 4. The molecular weight excluding hydrogens is 210 g/mol. The number of carbonyl (C=O) groups is 1. The minimum Gasteiger partial charge on any atom is -0.324 e. The van der Waals surface area contributed by atoms with Gasteiger partial charge in [0.15, 0.2) is 0 Å². The summed E-state index contributed by atoms with van der Waals surface area (Å²) in [6, 6.07) is 3.85. The Morgan fingerprint density at radius 3 is 2.69 bits per heavy atom. The highest BCUT2D eigenvalue weighted by molar-refractivity contribution is 5.95. The van der Waals surface area contributed by atoms with Crippen LogP contribution in [0.2, 0.25) is 0 Å². The van der Waals surface area contributed by atoms with Crippen molar-refractivity contribution in [3.63, 3.8) is 0 Å². The Hall–Kier alpha value is -1.95. The first-order valence-electron chi connectivity index (χ1n) is 4.74. The van der Waals surface area contributed by atoms with Gasteiger partial charge >= 0.3 is 0 Å². The summed E-state index contributed by atoms with van der Waals surface area (Å²) in [5.41, 5.74) is 6.19. The molecule has 3 N–H and O–H groups in total. The molecule has 0 aliphatic heterocycles. The molecule has 0 heterocycles. The van der Waals surface area contributed by atoms with Gasteiger partial charge in [0.25, 0.3) is 5.69 Å². The van der Waals surface area contributed by atoms with Crippen molar-refractivity contribution in [2.24, 2.45) is 5.73 Å². The van der Waals surface area contributed by atoms with Gasteiger partial charge in [-0.05, 0) is 19.9 Å². The zero-order valence-electron chi connectivity index (χ0n) is 9.06. The van der Waals surface area contributed by atoms with Gasteiger partial charge in [-0.3, -0.25) is 14.9 Å². The number of nitrogens with zero attached hydrogens (tertiary/aromatic N) is 1. The number of rotatable bonds is 3. The summed E-state index contributed by atoms with van der Waals surface area (Å²) >= 11 is 0. The molecule has 1 aromatic carbocycles. The molecule has 0 unspecified atom stereocenters. The molecule has 0 bridgehead atoms. The quantitative estimate of drug-likeness (QED) is 0.593. The van der Waals surface area contributed by atoms with Gasteiger partial charge in [-0.2, -0.15) is 0 Å². The molecule has 1 atom stereocenters. The van der Waals surface area contributed by atoms with E-state index in [2.05, 4.69) is 5.32 Å². The Morgan fingerprint density at radius 2 is 2.19 bits per heavy atom. The van der Waals surface area contributed by atoms with E-state index >= 15 is 0 Å². The molecule has 6 heteroatoms. The van der Waals surface area contributed by atoms with E-state index in [4.69, 9.17) is 5.73 Å². The maximum atomic E-state index is 11.3. The van der Waals surface area contributed by atoms with E-state index in [0.29, 0.717) is 11.3 Å². The highest BCUT2D eigenvalue weighted by atomic mass is 16.6. The van der Waals surface area contributed by atoms with Crippen LogP contribution < -0.4 is 11.1 Å². The Bertz CT molecular complexity index is 429. The van der Waals surface area contributed by atoms with Crippen molar-refractivity contribution in [1.29, 1.82) is 0 Å². The summed E-state index contributed by atoms with van der Waals surface area (Å²) in [5, 5.41) is 13.2. The van der Waals surface area contributed by atoms with Gasteiger partial charge in [0.2, 0.25) is 5.91 Å². The van der Waals surface area contributed by atoms with E-state index in [9.17, 15) is 14.9 Å². The number of amides is 1. The first-order valence-corrected chi connectivity index (χ1v) is 4.74. The number of benzene rings is 1. The lowest BCUT2D eigenvalue weighted by atomic mass is 10.1. The highest BCUT2D eigenvalue weighted by Crippen LogP contribution is 2.24. The minimum absolute atomic E-state index is 0.0255. The Morgan fingerprint density at radius 1 is 1.56 bits per heavy atom. The van der Waals surface area contributed by atoms with Crippen molar-refractivity contribution in [1.82, 2.24) is 0 Å². The van der Waals surface area contributed by atoms with Crippen molar-refractivity contribution in [3.8, 4) is 0 Å². The van der Waals surface area contributed by atoms with Gasteiger partial charge in [0, 0.05) is 6.07 Å². The normalized spacial score (nSPS) is 11.9. The monoisotopic (exact) mass is 223 g/mol. The molecule has 0 fully saturated rings. The van der Waals surface area contributed by atoms with Crippen LogP contribution in [0.3, 0.4) is 0 Å². The van der Waals surface area contributed by atoms with Crippen LogP contribution in [0.1, 0.15) is 12.5 Å². The second-order valence-electron chi connectivity index (χ2n) is 3.48. The molecule has 1 aromatic rings. The molecule has 0 aliphatic rings. The Kier molecular flexibility index (Phi) is 3.57. The average molecular weight is 223 g/mol. The molecule has 0 saturated carbocycles. The second-order valence-corrected chi connectivity index (χ2v) is 3.48. The molecule has 0 aromatic heterocycles. The number of carbonyl (C=O) groups excluding carboxylic acids is 1. The molecule has 0 aliphatic carbocycles. The molecule has 0 radical (unpaired) electrons. The predicted octanol–water partition coefficient (Wildman–Crippen LogP) is 1.19. The van der Waals surface area contributed by atoms with Gasteiger partial charge in [0.05, 0.1) is 22.2 Å². The van der Waals surface area contributed by atoms with Gasteiger partial charge < -0.3 is 11.1 Å². The standard InChI is InChI=1S/C10H13N3O3/c1-6-8(12-10(14)7(2)11)4-3-5-9(6)13(15)16/h3-5,7H,11H2,1-2H3,(H,12,14)/t7-/m1/s1. The van der Waals surface area contributed by atoms with Crippen molar-refractivity contribution >= 4 is 17.3 Å². The summed E-state index contributed by atoms with van der Waals surface area (Å²) in [6.45, 7) is 3.12. The van der Waals surface area contributed by atoms with Gasteiger partial charge in [-0.1, -0.05) is 6.07 Å². The summed E-state index contributed by atoms with van der Waals surface area (Å²) in [4.78, 5) is 21.5. The van der Waals surface area contributed by atoms with Crippen LogP contribution in [0.15, 0.2) is 18.2 Å². The molecule has 1 amide bonds. The summed E-state index contributed by atoms with van der Waals surface area (Å²) < 4.78 is 0. The maximum absolute atomic E-state index is 11.3. The minimum atomic E-state index is -0.654. The van der Waals surface area contributed by atoms with Gasteiger partial charge in [-0.25, -0.2) is 0 Å². The first-order chi connectivity index (χ1) is 7.43. The van der Waals surface area contributed by atoms with Crippen molar-refractivity contribution in [3.05, 3.63) is 33.9 Å². The fourth-order valence-electron chi connectivity index (χ4n) is 1.20. The van der Waals surface area contributed by atoms with Crippen LogP contribution in [-0.2, 0) is 4.79 Å². The molecule has 86 valence electrons. The highest BCUT2D eigenvalue weighted by Gasteiger charge is 2.15. The van der Waals surface area contributed by atoms with Crippen molar-refractivity contribution in [2.45, 2.75) is 19.9 Å². The summed E-state index contributed by atoms with van der Waals surface area (Å²) in [6.07, 6.45) is 0. The number of nitro groups is 1. The number of anilines is 1. The van der Waals surface area contributed by atoms with Gasteiger partial charge in [0.1, 0.15) is 0 Å². The molecular formula is C10H13N3O3. The third-order valence-corrected chi connectivity index (χ3v) is 2.17. The lowest BCUT2D eigenvalue weighted by molar-refractivity contribution is -0.385. The third kappa shape index (κ3) is 2.54. The predicted molar refractivity (Wildman–Crippen MR) is 60.1 cm³/mol. The van der Waals surface area contributed by atoms with Gasteiger partial charge in [-0.15, -0.1) is 0 Å². The fourth-order valence-corrected chi connectivity index (χ4v) is 1.20. The van der Waals surface area contributed by atoms with E-state index in [-0.39, 0.29) is 11.6 Å². The van der Waals surface area contributed by atoms with E-state index in [1.54, 1.807) is 19.9 Å². The second kappa shape index (κ2) is 4.71. The number of nitro benzene ring substituents is 1. The fraction of sp³-hybridized carbons (Fsp3) is 0.300. The first kappa shape index (κ1) is 12.1. The number of nitrogens with two attached hydrogens (primary N) is 1. The number of nitrogens with one attached hydrogen (secondary N) is 1. The molecule has 1 rings (SSSR count). The van der Waals surface area contributed by atoms with Crippen LogP contribution in [0, 0.1) is 17.0 Å². The van der Waals surface area contributed by atoms with E-state index in [0.717, 1.165) is 0 Å². The molecule has 0 spiro atoms. The van der Waals surface area contributed by atoms with Crippen LogP contribution in [0.4, 0.5) is 11.4 Å². The van der Waals surface area contributed by atoms with Crippen LogP contribution in [-0.4, -0.2) is 16.9 Å². The summed E-state index contributed by atoms with van der Waals surface area (Å²) in [7, 11) is 0. The smallest absolute Gasteiger partial charge is 0.274 e. The topological polar surface area (TPSA) is 98.3 Å². The largest absolute Gasteiger partial charge is 0.324 e.